The Morgan fingerprint density at radius 1 is 1.31 bits per heavy atom. The molecule has 8 nitrogen and oxygen atoms in total. The molecule has 1 atom stereocenters. The minimum Gasteiger partial charge on any atom is -0.495 e. The number of hydrogen-bond acceptors (Lipinski definition) is 7. The Morgan fingerprint density at radius 2 is 2.10 bits per heavy atom. The van der Waals surface area contributed by atoms with Crippen LogP contribution in [0.1, 0.15) is 22.2 Å². The summed E-state index contributed by atoms with van der Waals surface area (Å²) in [6, 6.07) is 13.3. The van der Waals surface area contributed by atoms with E-state index in [1.54, 1.807) is 49.0 Å². The fourth-order valence-corrected chi connectivity index (χ4v) is 4.47. The highest BCUT2D eigenvalue weighted by molar-refractivity contribution is 8.00. The third-order valence-electron chi connectivity index (χ3n) is 4.86. The number of methoxy groups -OCH3 is 1. The first-order chi connectivity index (χ1) is 14.0. The molecule has 0 spiro atoms. The van der Waals surface area contributed by atoms with Gasteiger partial charge in [0.1, 0.15) is 11.1 Å². The second-order valence-electron chi connectivity index (χ2n) is 6.67. The molecule has 0 aliphatic carbocycles. The number of benzene rings is 2. The molecule has 1 aliphatic heterocycles. The molecule has 1 aliphatic rings. The summed E-state index contributed by atoms with van der Waals surface area (Å²) in [6.45, 7) is 3.66. The molecule has 0 bridgehead atoms. The molecule has 4 rings (SSSR count). The lowest BCUT2D eigenvalue weighted by atomic mass is 10.1. The predicted octanol–water partition coefficient (Wildman–Crippen LogP) is 3.20. The van der Waals surface area contributed by atoms with Gasteiger partial charge in [0.2, 0.25) is 5.69 Å². The molecule has 1 amide bonds. The molecule has 29 heavy (non-hydrogen) atoms. The van der Waals surface area contributed by atoms with Gasteiger partial charge in [-0.3, -0.25) is 14.8 Å². The number of anilines is 1. The summed E-state index contributed by atoms with van der Waals surface area (Å²) >= 11 is 1.57. The molecule has 2 heterocycles. The smallest absolute Gasteiger partial charge is 0.252 e. The van der Waals surface area contributed by atoms with E-state index in [2.05, 4.69) is 15.2 Å². The van der Waals surface area contributed by atoms with Crippen LogP contribution in [0, 0.1) is 19.1 Å². The number of carbonyl (C=O) groups excluding carboxylic acids is 1. The van der Waals surface area contributed by atoms with Crippen molar-refractivity contribution in [3.05, 3.63) is 64.5 Å². The van der Waals surface area contributed by atoms with Crippen molar-refractivity contribution in [3.8, 4) is 17.0 Å². The number of carbonyl (C=O) groups is 1. The lowest BCUT2D eigenvalue weighted by molar-refractivity contribution is -0.806. The fourth-order valence-electron chi connectivity index (χ4n) is 3.26. The number of nitrogens with one attached hydrogen (secondary N) is 1. The molecular formula is C20H20N4O4S. The molecule has 1 N–H and O–H groups in total. The summed E-state index contributed by atoms with van der Waals surface area (Å²) in [4.78, 5) is 13.0. The highest BCUT2D eigenvalue weighted by Gasteiger charge is 2.34. The van der Waals surface area contributed by atoms with Crippen molar-refractivity contribution in [2.24, 2.45) is 0 Å². The molecule has 150 valence electrons. The monoisotopic (exact) mass is 412 g/mol. The van der Waals surface area contributed by atoms with Crippen LogP contribution in [0.25, 0.3) is 11.3 Å². The first-order valence-corrected chi connectivity index (χ1v) is 10.0. The number of hydrogen-bond donors (Lipinski definition) is 1. The van der Waals surface area contributed by atoms with Gasteiger partial charge in [-0.2, -0.15) is 0 Å². The SMILES string of the molecule is COc1ccc(-c2no[n+]([O-])c2C)cc1NN1C(=O)CSC1c1ccccc1C. The van der Waals surface area contributed by atoms with E-state index in [0.29, 0.717) is 39.0 Å². The largest absolute Gasteiger partial charge is 0.495 e. The van der Waals surface area contributed by atoms with Crippen LogP contribution in [0.4, 0.5) is 5.69 Å². The summed E-state index contributed by atoms with van der Waals surface area (Å²) < 4.78 is 10.1. The van der Waals surface area contributed by atoms with Crippen LogP contribution in [0.5, 0.6) is 5.75 Å². The first-order valence-electron chi connectivity index (χ1n) is 9.00. The molecule has 0 saturated carbocycles. The zero-order chi connectivity index (χ0) is 20.5. The number of rotatable bonds is 5. The van der Waals surface area contributed by atoms with Crippen LogP contribution in [0.3, 0.4) is 0 Å². The predicted molar refractivity (Wildman–Crippen MR) is 109 cm³/mol. The van der Waals surface area contributed by atoms with E-state index in [1.807, 2.05) is 31.2 Å². The number of amides is 1. The minimum absolute atomic E-state index is 0.0225. The maximum Gasteiger partial charge on any atom is 0.252 e. The van der Waals surface area contributed by atoms with Gasteiger partial charge in [0, 0.05) is 17.6 Å². The summed E-state index contributed by atoms with van der Waals surface area (Å²) in [7, 11) is 1.56. The second-order valence-corrected chi connectivity index (χ2v) is 7.74. The van der Waals surface area contributed by atoms with Gasteiger partial charge in [-0.05, 0) is 41.2 Å². The fraction of sp³-hybridized carbons (Fsp3) is 0.250. The third-order valence-corrected chi connectivity index (χ3v) is 6.05. The Morgan fingerprint density at radius 3 is 2.79 bits per heavy atom. The van der Waals surface area contributed by atoms with Crippen LogP contribution in [-0.4, -0.2) is 28.9 Å². The standard InChI is InChI=1S/C20H20N4O4S/c1-12-6-4-5-7-15(12)20-23(18(25)11-29-20)21-16-10-14(8-9-17(16)27-3)19-13(2)24(26)28-22-19/h4-10,20-21H,11H2,1-3H3. The molecule has 9 heteroatoms. The summed E-state index contributed by atoms with van der Waals surface area (Å²) in [5.74, 6) is 0.927. The van der Waals surface area contributed by atoms with Gasteiger partial charge in [-0.1, -0.05) is 24.3 Å². The first kappa shape index (κ1) is 19.1. The number of aromatic nitrogens is 2. The topological polar surface area (TPSA) is 94.5 Å². The van der Waals surface area contributed by atoms with E-state index in [4.69, 9.17) is 4.74 Å². The van der Waals surface area contributed by atoms with Crippen molar-refractivity contribution < 1.29 is 19.1 Å². The lowest BCUT2D eigenvalue weighted by Gasteiger charge is -2.27. The van der Waals surface area contributed by atoms with E-state index in [0.717, 1.165) is 11.1 Å². The number of nitrogens with zero attached hydrogens (tertiary/aromatic N) is 3. The van der Waals surface area contributed by atoms with Crippen LogP contribution < -0.4 is 15.1 Å². The van der Waals surface area contributed by atoms with Crippen LogP contribution in [0.15, 0.2) is 47.1 Å². The minimum atomic E-state index is -0.158. The van der Waals surface area contributed by atoms with Crippen molar-refractivity contribution in [1.82, 2.24) is 10.2 Å². The zero-order valence-corrected chi connectivity index (χ0v) is 17.0. The van der Waals surface area contributed by atoms with Gasteiger partial charge in [-0.15, -0.1) is 11.8 Å². The number of aryl methyl sites for hydroxylation is 1. The second kappa shape index (κ2) is 7.67. The third kappa shape index (κ3) is 3.49. The van der Waals surface area contributed by atoms with E-state index in [1.165, 1.54) is 0 Å². The summed E-state index contributed by atoms with van der Waals surface area (Å²) in [6.07, 6.45) is 0. The Kier molecular flexibility index (Phi) is 5.06. The van der Waals surface area contributed by atoms with Crippen molar-refractivity contribution >= 4 is 23.4 Å². The molecule has 2 aromatic carbocycles. The van der Waals surface area contributed by atoms with Gasteiger partial charge in [0.05, 0.1) is 18.6 Å². The van der Waals surface area contributed by atoms with Gasteiger partial charge in [0.25, 0.3) is 11.6 Å². The molecule has 1 aromatic heterocycles. The molecule has 1 unspecified atom stereocenters. The Bertz CT molecular complexity index is 1070. The van der Waals surface area contributed by atoms with Crippen LogP contribution in [0.2, 0.25) is 0 Å². The quantitative estimate of drug-likeness (QED) is 0.643. The zero-order valence-electron chi connectivity index (χ0n) is 16.2. The number of ether oxygens (including phenoxy) is 1. The molecule has 1 fully saturated rings. The highest BCUT2D eigenvalue weighted by atomic mass is 32.2. The highest BCUT2D eigenvalue weighted by Crippen LogP contribution is 2.41. The molecule has 3 aromatic rings. The van der Waals surface area contributed by atoms with Gasteiger partial charge < -0.3 is 9.94 Å². The Labute approximate surface area is 172 Å². The van der Waals surface area contributed by atoms with Crippen molar-refractivity contribution in [1.29, 1.82) is 0 Å². The van der Waals surface area contributed by atoms with Gasteiger partial charge in [0.15, 0.2) is 0 Å². The maximum absolute atomic E-state index is 12.6. The number of thioether (sulfide) groups is 1. The Balaban J connectivity index is 1.70. The van der Waals surface area contributed by atoms with E-state index >= 15 is 0 Å². The van der Waals surface area contributed by atoms with E-state index in [9.17, 15) is 10.0 Å². The van der Waals surface area contributed by atoms with Crippen molar-refractivity contribution in [2.75, 3.05) is 18.3 Å². The van der Waals surface area contributed by atoms with Gasteiger partial charge >= 0.3 is 0 Å². The lowest BCUT2D eigenvalue weighted by Crippen LogP contribution is -2.34. The van der Waals surface area contributed by atoms with Crippen LogP contribution in [-0.2, 0) is 4.79 Å². The normalized spacial score (nSPS) is 16.3. The van der Waals surface area contributed by atoms with Gasteiger partial charge in [-0.25, -0.2) is 5.01 Å². The van der Waals surface area contributed by atoms with E-state index < -0.39 is 0 Å². The summed E-state index contributed by atoms with van der Waals surface area (Å²) in [5.41, 5.74) is 7.47. The number of hydrazine groups is 1. The van der Waals surface area contributed by atoms with E-state index in [-0.39, 0.29) is 11.3 Å². The average molecular weight is 412 g/mol. The van der Waals surface area contributed by atoms with Crippen molar-refractivity contribution in [2.45, 2.75) is 19.2 Å². The van der Waals surface area contributed by atoms with Crippen molar-refractivity contribution in [3.63, 3.8) is 0 Å². The molecule has 0 radical (unpaired) electrons. The Hall–Kier alpha value is -3.20. The molecule has 1 saturated heterocycles. The van der Waals surface area contributed by atoms with Crippen LogP contribution >= 0.6 is 11.8 Å². The average Bonchev–Trinajstić information content (AvgIpc) is 3.25. The molecular weight excluding hydrogens is 392 g/mol. The summed E-state index contributed by atoms with van der Waals surface area (Å²) in [5, 5.41) is 16.9. The maximum atomic E-state index is 12.6.